The first kappa shape index (κ1) is 17.2. The van der Waals surface area contributed by atoms with Gasteiger partial charge >= 0.3 is 0 Å². The SMILES string of the molecule is O=C(Nc1cccc2cccnc12)c1cccnc1SCc1ccncc1. The van der Waals surface area contributed by atoms with Crippen molar-refractivity contribution in [1.82, 2.24) is 15.0 Å². The van der Waals surface area contributed by atoms with Crippen molar-refractivity contribution in [1.29, 1.82) is 0 Å². The zero-order valence-electron chi connectivity index (χ0n) is 14.4. The van der Waals surface area contributed by atoms with Crippen LogP contribution in [-0.2, 0) is 5.75 Å². The van der Waals surface area contributed by atoms with Crippen molar-refractivity contribution < 1.29 is 4.79 Å². The standard InChI is InChI=1S/C21H16N4OS/c26-20(25-18-7-1-4-16-5-2-10-23-19(16)18)17-6-3-11-24-21(17)27-14-15-8-12-22-13-9-15/h1-13H,14H2,(H,25,26). The van der Waals surface area contributed by atoms with Crippen LogP contribution < -0.4 is 5.32 Å². The number of pyridine rings is 3. The highest BCUT2D eigenvalue weighted by molar-refractivity contribution is 7.98. The van der Waals surface area contributed by atoms with Crippen LogP contribution in [0.1, 0.15) is 15.9 Å². The van der Waals surface area contributed by atoms with Gasteiger partial charge in [-0.25, -0.2) is 4.98 Å². The first-order chi connectivity index (χ1) is 13.3. The van der Waals surface area contributed by atoms with Crippen LogP contribution in [0.4, 0.5) is 5.69 Å². The Balaban J connectivity index is 1.57. The van der Waals surface area contributed by atoms with E-state index in [1.807, 2.05) is 42.5 Å². The third-order valence-corrected chi connectivity index (χ3v) is 5.10. The average molecular weight is 372 g/mol. The molecule has 0 saturated heterocycles. The fourth-order valence-electron chi connectivity index (χ4n) is 2.70. The Morgan fingerprint density at radius 2 is 1.67 bits per heavy atom. The summed E-state index contributed by atoms with van der Waals surface area (Å²) in [6, 6.07) is 17.0. The van der Waals surface area contributed by atoms with E-state index in [0.29, 0.717) is 16.3 Å². The zero-order chi connectivity index (χ0) is 18.5. The molecule has 0 bridgehead atoms. The van der Waals surface area contributed by atoms with E-state index in [0.717, 1.165) is 22.2 Å². The van der Waals surface area contributed by atoms with E-state index < -0.39 is 0 Å². The van der Waals surface area contributed by atoms with Gasteiger partial charge < -0.3 is 5.32 Å². The van der Waals surface area contributed by atoms with Crippen LogP contribution >= 0.6 is 11.8 Å². The molecule has 0 unspecified atom stereocenters. The minimum absolute atomic E-state index is 0.196. The predicted molar refractivity (Wildman–Crippen MR) is 108 cm³/mol. The summed E-state index contributed by atoms with van der Waals surface area (Å²) in [7, 11) is 0. The topological polar surface area (TPSA) is 67.8 Å². The second kappa shape index (κ2) is 7.97. The van der Waals surface area contributed by atoms with Gasteiger partial charge in [0.25, 0.3) is 5.91 Å². The number of amides is 1. The molecule has 5 nitrogen and oxygen atoms in total. The number of fused-ring (bicyclic) bond motifs is 1. The molecular formula is C21H16N4OS. The summed E-state index contributed by atoms with van der Waals surface area (Å²) in [6.07, 6.45) is 6.94. The summed E-state index contributed by atoms with van der Waals surface area (Å²) >= 11 is 1.53. The van der Waals surface area contributed by atoms with E-state index in [1.165, 1.54) is 11.8 Å². The van der Waals surface area contributed by atoms with Gasteiger partial charge in [-0.3, -0.25) is 14.8 Å². The number of para-hydroxylation sites is 1. The molecule has 0 fully saturated rings. The molecule has 4 aromatic rings. The molecule has 1 amide bonds. The normalized spacial score (nSPS) is 10.7. The number of thioether (sulfide) groups is 1. The molecule has 0 saturated carbocycles. The lowest BCUT2D eigenvalue weighted by Gasteiger charge is -2.10. The van der Waals surface area contributed by atoms with Crippen molar-refractivity contribution in [3.8, 4) is 0 Å². The van der Waals surface area contributed by atoms with E-state index in [2.05, 4.69) is 20.3 Å². The molecule has 0 aliphatic rings. The van der Waals surface area contributed by atoms with Gasteiger partial charge in [0, 0.05) is 35.9 Å². The van der Waals surface area contributed by atoms with Crippen LogP contribution in [0.2, 0.25) is 0 Å². The third-order valence-electron chi connectivity index (χ3n) is 4.02. The summed E-state index contributed by atoms with van der Waals surface area (Å²) in [5.74, 6) is 0.522. The van der Waals surface area contributed by atoms with Gasteiger partial charge in [0.2, 0.25) is 0 Å². The maximum Gasteiger partial charge on any atom is 0.258 e. The van der Waals surface area contributed by atoms with Crippen molar-refractivity contribution in [3.05, 3.63) is 90.5 Å². The average Bonchev–Trinajstić information content (AvgIpc) is 2.73. The van der Waals surface area contributed by atoms with Gasteiger partial charge in [-0.1, -0.05) is 18.2 Å². The molecule has 6 heteroatoms. The maximum atomic E-state index is 12.9. The molecule has 0 radical (unpaired) electrons. The third kappa shape index (κ3) is 3.96. The summed E-state index contributed by atoms with van der Waals surface area (Å²) in [5, 5.41) is 4.65. The number of carbonyl (C=O) groups excluding carboxylic acids is 1. The summed E-state index contributed by atoms with van der Waals surface area (Å²) in [4.78, 5) is 25.7. The Kier molecular flexibility index (Phi) is 5.07. The zero-order valence-corrected chi connectivity index (χ0v) is 15.2. The number of rotatable bonds is 5. The summed E-state index contributed by atoms with van der Waals surface area (Å²) in [5.41, 5.74) is 3.13. The van der Waals surface area contributed by atoms with Crippen molar-refractivity contribution in [2.45, 2.75) is 10.8 Å². The second-order valence-electron chi connectivity index (χ2n) is 5.84. The maximum absolute atomic E-state index is 12.9. The first-order valence-corrected chi connectivity index (χ1v) is 9.41. The quantitative estimate of drug-likeness (QED) is 0.520. The molecule has 0 atom stereocenters. The smallest absolute Gasteiger partial charge is 0.258 e. The molecule has 1 N–H and O–H groups in total. The monoisotopic (exact) mass is 372 g/mol. The summed E-state index contributed by atoms with van der Waals surface area (Å²) < 4.78 is 0. The molecule has 0 spiro atoms. The lowest BCUT2D eigenvalue weighted by Crippen LogP contribution is -2.14. The van der Waals surface area contributed by atoms with Crippen molar-refractivity contribution in [3.63, 3.8) is 0 Å². The molecule has 132 valence electrons. The molecule has 3 heterocycles. The number of hydrogen-bond acceptors (Lipinski definition) is 5. The fourth-order valence-corrected chi connectivity index (χ4v) is 3.65. The van der Waals surface area contributed by atoms with E-state index in [4.69, 9.17) is 0 Å². The predicted octanol–water partition coefficient (Wildman–Crippen LogP) is 4.57. The highest BCUT2D eigenvalue weighted by atomic mass is 32.2. The van der Waals surface area contributed by atoms with Gasteiger partial charge in [0.15, 0.2) is 0 Å². The van der Waals surface area contributed by atoms with E-state index in [-0.39, 0.29) is 5.91 Å². The van der Waals surface area contributed by atoms with Crippen LogP contribution in [0.15, 0.2) is 84.4 Å². The molecule has 4 rings (SSSR count). The number of hydrogen-bond donors (Lipinski definition) is 1. The Morgan fingerprint density at radius 3 is 2.56 bits per heavy atom. The lowest BCUT2D eigenvalue weighted by atomic mass is 10.2. The van der Waals surface area contributed by atoms with Gasteiger partial charge in [0.1, 0.15) is 5.03 Å². The molecule has 0 aliphatic heterocycles. The van der Waals surface area contributed by atoms with Crippen molar-refractivity contribution in [2.75, 3.05) is 5.32 Å². The van der Waals surface area contributed by atoms with Gasteiger partial charge in [-0.2, -0.15) is 0 Å². The largest absolute Gasteiger partial charge is 0.320 e. The molecule has 27 heavy (non-hydrogen) atoms. The number of anilines is 1. The van der Waals surface area contributed by atoms with E-state index in [1.54, 1.807) is 36.9 Å². The van der Waals surface area contributed by atoms with Crippen molar-refractivity contribution >= 4 is 34.3 Å². The Labute approximate surface area is 160 Å². The Hall–Kier alpha value is -3.25. The van der Waals surface area contributed by atoms with Crippen LogP contribution in [0.3, 0.4) is 0 Å². The second-order valence-corrected chi connectivity index (χ2v) is 6.80. The van der Waals surface area contributed by atoms with Crippen LogP contribution in [-0.4, -0.2) is 20.9 Å². The van der Waals surface area contributed by atoms with Gasteiger partial charge in [-0.05, 0) is 42.0 Å². The number of benzene rings is 1. The molecular weight excluding hydrogens is 356 g/mol. The number of aromatic nitrogens is 3. The highest BCUT2D eigenvalue weighted by Gasteiger charge is 2.14. The van der Waals surface area contributed by atoms with Crippen molar-refractivity contribution in [2.24, 2.45) is 0 Å². The minimum atomic E-state index is -0.196. The van der Waals surface area contributed by atoms with Crippen LogP contribution in [0.25, 0.3) is 10.9 Å². The van der Waals surface area contributed by atoms with Gasteiger partial charge in [0.05, 0.1) is 16.8 Å². The number of nitrogens with zero attached hydrogens (tertiary/aromatic N) is 3. The number of nitrogens with one attached hydrogen (secondary N) is 1. The molecule has 3 aromatic heterocycles. The van der Waals surface area contributed by atoms with Crippen LogP contribution in [0, 0.1) is 0 Å². The minimum Gasteiger partial charge on any atom is -0.320 e. The first-order valence-electron chi connectivity index (χ1n) is 8.43. The Morgan fingerprint density at radius 1 is 0.889 bits per heavy atom. The summed E-state index contributed by atoms with van der Waals surface area (Å²) in [6.45, 7) is 0. The van der Waals surface area contributed by atoms with Crippen LogP contribution in [0.5, 0.6) is 0 Å². The molecule has 1 aromatic carbocycles. The Bertz CT molecular complexity index is 1080. The highest BCUT2D eigenvalue weighted by Crippen LogP contribution is 2.26. The number of carbonyl (C=O) groups is 1. The van der Waals surface area contributed by atoms with Gasteiger partial charge in [-0.15, -0.1) is 11.8 Å². The van der Waals surface area contributed by atoms with E-state index in [9.17, 15) is 4.79 Å². The van der Waals surface area contributed by atoms with E-state index >= 15 is 0 Å². The lowest BCUT2D eigenvalue weighted by molar-refractivity contribution is 0.102. The molecule has 0 aliphatic carbocycles. The fraction of sp³-hybridized carbons (Fsp3) is 0.0476.